The molecular weight excluding hydrogens is 472 g/mol. The third kappa shape index (κ3) is 37.4. The highest BCUT2D eigenvalue weighted by molar-refractivity contribution is 4.82. The molecular formula is C38H74O. The van der Waals surface area contributed by atoms with E-state index in [1.54, 1.807) is 0 Å². The van der Waals surface area contributed by atoms with Crippen LogP contribution < -0.4 is 0 Å². The van der Waals surface area contributed by atoms with E-state index in [1.165, 1.54) is 193 Å². The average molecular weight is 547 g/mol. The van der Waals surface area contributed by atoms with E-state index in [0.29, 0.717) is 0 Å². The van der Waals surface area contributed by atoms with E-state index in [0.717, 1.165) is 13.2 Å². The predicted molar refractivity (Wildman–Crippen MR) is 179 cm³/mol. The fraction of sp³-hybridized carbons (Fsp3) is 0.895. The van der Waals surface area contributed by atoms with E-state index in [-0.39, 0.29) is 0 Å². The summed E-state index contributed by atoms with van der Waals surface area (Å²) in [7, 11) is 0. The van der Waals surface area contributed by atoms with Crippen LogP contribution in [0, 0.1) is 0 Å². The second-order valence-electron chi connectivity index (χ2n) is 12.2. The molecule has 0 fully saturated rings. The summed E-state index contributed by atoms with van der Waals surface area (Å²) < 4.78 is 5.87. The van der Waals surface area contributed by atoms with Crippen LogP contribution in [-0.2, 0) is 4.74 Å². The van der Waals surface area contributed by atoms with Crippen molar-refractivity contribution in [2.45, 2.75) is 206 Å². The van der Waals surface area contributed by atoms with Gasteiger partial charge in [0.25, 0.3) is 0 Å². The van der Waals surface area contributed by atoms with Crippen LogP contribution in [0.4, 0.5) is 0 Å². The molecule has 0 N–H and O–H groups in total. The fourth-order valence-corrected chi connectivity index (χ4v) is 5.36. The average Bonchev–Trinajstić information content (AvgIpc) is 2.95. The number of ether oxygens (including phenoxy) is 1. The molecule has 0 aromatic carbocycles. The van der Waals surface area contributed by atoms with Crippen molar-refractivity contribution >= 4 is 0 Å². The van der Waals surface area contributed by atoms with Crippen molar-refractivity contribution in [3.05, 3.63) is 24.3 Å². The van der Waals surface area contributed by atoms with Gasteiger partial charge < -0.3 is 4.74 Å². The molecule has 0 aromatic rings. The summed E-state index contributed by atoms with van der Waals surface area (Å²) >= 11 is 0. The second-order valence-corrected chi connectivity index (χ2v) is 12.2. The van der Waals surface area contributed by atoms with Crippen molar-refractivity contribution in [3.63, 3.8) is 0 Å². The Morgan fingerprint density at radius 3 is 0.795 bits per heavy atom. The zero-order valence-electron chi connectivity index (χ0n) is 27.3. The van der Waals surface area contributed by atoms with Crippen LogP contribution in [0.15, 0.2) is 24.3 Å². The van der Waals surface area contributed by atoms with Gasteiger partial charge in [-0.3, -0.25) is 0 Å². The number of hydrogen-bond acceptors (Lipinski definition) is 1. The first-order valence-corrected chi connectivity index (χ1v) is 18.3. The normalized spacial score (nSPS) is 11.9. The van der Waals surface area contributed by atoms with Gasteiger partial charge in [-0.05, 0) is 64.2 Å². The Bertz CT molecular complexity index is 423. The van der Waals surface area contributed by atoms with Gasteiger partial charge in [0.15, 0.2) is 0 Å². The van der Waals surface area contributed by atoms with Gasteiger partial charge in [0, 0.05) is 13.2 Å². The summed E-state index contributed by atoms with van der Waals surface area (Å²) in [6, 6.07) is 0. The third-order valence-electron chi connectivity index (χ3n) is 8.10. The molecule has 0 atom stereocenters. The van der Waals surface area contributed by atoms with E-state index in [1.807, 2.05) is 0 Å². The molecule has 0 heterocycles. The molecule has 0 spiro atoms. The van der Waals surface area contributed by atoms with Crippen LogP contribution in [0.1, 0.15) is 206 Å². The molecule has 0 radical (unpaired) electrons. The number of rotatable bonds is 34. The van der Waals surface area contributed by atoms with Gasteiger partial charge in [-0.2, -0.15) is 0 Å². The zero-order valence-corrected chi connectivity index (χ0v) is 27.3. The van der Waals surface area contributed by atoms with Crippen LogP contribution in [-0.4, -0.2) is 13.2 Å². The van der Waals surface area contributed by atoms with Gasteiger partial charge in [-0.25, -0.2) is 0 Å². The molecule has 0 unspecified atom stereocenters. The lowest BCUT2D eigenvalue weighted by molar-refractivity contribution is 0.125. The lowest BCUT2D eigenvalue weighted by Crippen LogP contribution is -1.97. The second kappa shape index (κ2) is 37.4. The van der Waals surface area contributed by atoms with Crippen molar-refractivity contribution in [3.8, 4) is 0 Å². The van der Waals surface area contributed by atoms with Gasteiger partial charge in [0.1, 0.15) is 0 Å². The van der Waals surface area contributed by atoms with E-state index >= 15 is 0 Å². The Labute approximate surface area is 248 Å². The maximum absolute atomic E-state index is 5.87. The Balaban J connectivity index is 3.09. The maximum atomic E-state index is 5.87. The van der Waals surface area contributed by atoms with Crippen LogP contribution in [0.3, 0.4) is 0 Å². The van der Waals surface area contributed by atoms with E-state index in [4.69, 9.17) is 4.74 Å². The maximum Gasteiger partial charge on any atom is 0.0466 e. The van der Waals surface area contributed by atoms with Crippen molar-refractivity contribution in [1.82, 2.24) is 0 Å². The summed E-state index contributed by atoms with van der Waals surface area (Å²) in [5, 5.41) is 0. The van der Waals surface area contributed by atoms with Crippen LogP contribution in [0.25, 0.3) is 0 Å². The summed E-state index contributed by atoms with van der Waals surface area (Å²) in [6.45, 7) is 6.55. The van der Waals surface area contributed by atoms with E-state index in [9.17, 15) is 0 Å². The lowest BCUT2D eigenvalue weighted by Gasteiger charge is -2.05. The quantitative estimate of drug-likeness (QED) is 0.0576. The molecule has 0 rings (SSSR count). The topological polar surface area (TPSA) is 9.23 Å². The predicted octanol–water partition coefficient (Wildman–Crippen LogP) is 13.9. The van der Waals surface area contributed by atoms with Crippen LogP contribution in [0.5, 0.6) is 0 Å². The minimum atomic E-state index is 0.982. The van der Waals surface area contributed by atoms with Gasteiger partial charge in [0.05, 0.1) is 0 Å². The van der Waals surface area contributed by atoms with Crippen molar-refractivity contribution in [2.24, 2.45) is 0 Å². The molecule has 0 aromatic heterocycles. The molecule has 0 saturated carbocycles. The minimum Gasteiger partial charge on any atom is -0.381 e. The summed E-state index contributed by atoms with van der Waals surface area (Å²) in [6.07, 6.45) is 51.1. The number of unbranched alkanes of at least 4 members (excludes halogenated alkanes) is 26. The number of hydrogen-bond donors (Lipinski definition) is 0. The van der Waals surface area contributed by atoms with Gasteiger partial charge in [-0.15, -0.1) is 0 Å². The zero-order chi connectivity index (χ0) is 28.2. The Morgan fingerprint density at radius 2 is 0.513 bits per heavy atom. The van der Waals surface area contributed by atoms with Crippen molar-refractivity contribution in [1.29, 1.82) is 0 Å². The standard InChI is InChI=1S/C38H74O/c1-3-5-7-9-11-13-15-17-19-21-23-25-27-29-31-33-35-37-39-38-36-34-32-30-28-26-24-22-20-18-16-14-12-10-8-6-4-2/h17-20H,3-16,21-38H2,1-2H3. The highest BCUT2D eigenvalue weighted by atomic mass is 16.5. The molecule has 0 saturated heterocycles. The molecule has 0 aliphatic heterocycles. The Hall–Kier alpha value is -0.560. The SMILES string of the molecule is CCCCCCCCC=CCCCCCCCCCOCCCCCCCCCC=CCCCCCCCC. The summed E-state index contributed by atoms with van der Waals surface area (Å²) in [5.41, 5.74) is 0. The minimum absolute atomic E-state index is 0.982. The largest absolute Gasteiger partial charge is 0.381 e. The van der Waals surface area contributed by atoms with E-state index in [2.05, 4.69) is 38.2 Å². The molecule has 1 nitrogen and oxygen atoms in total. The summed E-state index contributed by atoms with van der Waals surface area (Å²) in [5.74, 6) is 0. The molecule has 0 aliphatic carbocycles. The molecule has 0 amide bonds. The highest BCUT2D eigenvalue weighted by Gasteiger charge is 1.95. The molecule has 0 bridgehead atoms. The van der Waals surface area contributed by atoms with Crippen LogP contribution in [0.2, 0.25) is 0 Å². The van der Waals surface area contributed by atoms with Gasteiger partial charge in [0.2, 0.25) is 0 Å². The van der Waals surface area contributed by atoms with Gasteiger partial charge >= 0.3 is 0 Å². The first-order valence-electron chi connectivity index (χ1n) is 18.3. The Morgan fingerprint density at radius 1 is 0.282 bits per heavy atom. The number of allylic oxidation sites excluding steroid dienone is 4. The first kappa shape index (κ1) is 38.4. The Kier molecular flexibility index (Phi) is 36.9. The lowest BCUT2D eigenvalue weighted by atomic mass is 10.1. The molecule has 0 aliphatic rings. The molecule has 232 valence electrons. The van der Waals surface area contributed by atoms with Crippen molar-refractivity contribution in [2.75, 3.05) is 13.2 Å². The highest BCUT2D eigenvalue weighted by Crippen LogP contribution is 2.12. The fourth-order valence-electron chi connectivity index (χ4n) is 5.36. The first-order chi connectivity index (χ1) is 19.4. The van der Waals surface area contributed by atoms with Crippen LogP contribution >= 0.6 is 0 Å². The van der Waals surface area contributed by atoms with Crippen molar-refractivity contribution < 1.29 is 4.74 Å². The third-order valence-corrected chi connectivity index (χ3v) is 8.10. The van der Waals surface area contributed by atoms with Gasteiger partial charge in [-0.1, -0.05) is 167 Å². The summed E-state index contributed by atoms with van der Waals surface area (Å²) in [4.78, 5) is 0. The molecule has 1 heteroatoms. The van der Waals surface area contributed by atoms with E-state index < -0.39 is 0 Å². The monoisotopic (exact) mass is 547 g/mol. The molecule has 39 heavy (non-hydrogen) atoms. The smallest absolute Gasteiger partial charge is 0.0466 e.